The van der Waals surface area contributed by atoms with E-state index in [2.05, 4.69) is 10.6 Å². The highest BCUT2D eigenvalue weighted by Gasteiger charge is 2.54. The molecule has 30 heavy (non-hydrogen) atoms. The Kier molecular flexibility index (Phi) is 5.04. The van der Waals surface area contributed by atoms with E-state index in [1.165, 1.54) is 11.3 Å². The van der Waals surface area contributed by atoms with Crippen LogP contribution in [0, 0.1) is 11.3 Å². The van der Waals surface area contributed by atoms with Gasteiger partial charge >= 0.3 is 6.03 Å². The zero-order valence-corrected chi connectivity index (χ0v) is 16.5. The van der Waals surface area contributed by atoms with E-state index in [0.29, 0.717) is 21.7 Å². The topological polar surface area (TPSA) is 102 Å². The number of thiophene rings is 1. The summed E-state index contributed by atoms with van der Waals surface area (Å²) >= 11 is 1.20. The van der Waals surface area contributed by atoms with Crippen LogP contribution in [-0.2, 0) is 15.1 Å². The number of carbonyl (C=O) groups excluding carboxylic acids is 3. The van der Waals surface area contributed by atoms with Gasteiger partial charge in [-0.05, 0) is 22.6 Å². The van der Waals surface area contributed by atoms with Crippen molar-refractivity contribution in [3.63, 3.8) is 0 Å². The molecule has 2 aromatic carbocycles. The largest absolute Gasteiger partial charge is 0.326 e. The SMILES string of the molecule is N#Cc1ccsc1NC(=O)CN1C(=O)NC(c2ccccc2)(c2ccccc2)C1=O. The van der Waals surface area contributed by atoms with Gasteiger partial charge in [0.05, 0.1) is 5.56 Å². The van der Waals surface area contributed by atoms with E-state index in [1.807, 2.05) is 18.2 Å². The van der Waals surface area contributed by atoms with E-state index < -0.39 is 29.9 Å². The van der Waals surface area contributed by atoms with Gasteiger partial charge in [-0.2, -0.15) is 5.26 Å². The zero-order chi connectivity index (χ0) is 21.1. The van der Waals surface area contributed by atoms with Crippen molar-refractivity contribution in [1.82, 2.24) is 10.2 Å². The van der Waals surface area contributed by atoms with Crippen LogP contribution in [0.1, 0.15) is 16.7 Å². The summed E-state index contributed by atoms with van der Waals surface area (Å²) in [6, 6.07) is 20.8. The van der Waals surface area contributed by atoms with E-state index in [0.717, 1.165) is 4.90 Å². The Bertz CT molecular complexity index is 1110. The number of nitriles is 1. The summed E-state index contributed by atoms with van der Waals surface area (Å²) in [7, 11) is 0. The summed E-state index contributed by atoms with van der Waals surface area (Å²) in [5.41, 5.74) is 0.110. The van der Waals surface area contributed by atoms with E-state index in [-0.39, 0.29) is 0 Å². The Morgan fingerprint density at radius 3 is 2.20 bits per heavy atom. The molecule has 0 saturated carbocycles. The van der Waals surface area contributed by atoms with Crippen LogP contribution in [-0.4, -0.2) is 29.3 Å². The molecule has 0 bridgehead atoms. The van der Waals surface area contributed by atoms with E-state index in [9.17, 15) is 14.4 Å². The molecule has 4 rings (SSSR count). The number of rotatable bonds is 5. The molecule has 1 aromatic heterocycles. The molecule has 1 saturated heterocycles. The van der Waals surface area contributed by atoms with Crippen LogP contribution in [0.4, 0.5) is 9.80 Å². The second-order valence-electron chi connectivity index (χ2n) is 6.63. The third-order valence-electron chi connectivity index (χ3n) is 4.86. The Labute approximate surface area is 176 Å². The fourth-order valence-electron chi connectivity index (χ4n) is 3.46. The van der Waals surface area contributed by atoms with Crippen LogP contribution < -0.4 is 10.6 Å². The maximum absolute atomic E-state index is 13.5. The highest BCUT2D eigenvalue weighted by atomic mass is 32.1. The fourth-order valence-corrected chi connectivity index (χ4v) is 4.21. The first-order valence-electron chi connectivity index (χ1n) is 9.09. The van der Waals surface area contributed by atoms with E-state index in [1.54, 1.807) is 60.0 Å². The van der Waals surface area contributed by atoms with Crippen molar-refractivity contribution >= 4 is 34.2 Å². The highest BCUT2D eigenvalue weighted by molar-refractivity contribution is 7.14. The van der Waals surface area contributed by atoms with Gasteiger partial charge in [0.15, 0.2) is 5.54 Å². The first-order valence-corrected chi connectivity index (χ1v) is 9.97. The van der Waals surface area contributed by atoms with Crippen molar-refractivity contribution in [1.29, 1.82) is 5.26 Å². The maximum atomic E-state index is 13.5. The predicted octanol–water partition coefficient (Wildman–Crippen LogP) is 3.05. The molecule has 148 valence electrons. The van der Waals surface area contributed by atoms with Crippen LogP contribution in [0.15, 0.2) is 72.1 Å². The molecule has 8 heteroatoms. The maximum Gasteiger partial charge on any atom is 0.326 e. The molecule has 0 aliphatic carbocycles. The van der Waals surface area contributed by atoms with Crippen molar-refractivity contribution in [3.8, 4) is 6.07 Å². The second-order valence-corrected chi connectivity index (χ2v) is 7.54. The molecule has 0 unspecified atom stereocenters. The van der Waals surface area contributed by atoms with Gasteiger partial charge < -0.3 is 10.6 Å². The molecule has 0 radical (unpaired) electrons. The number of benzene rings is 2. The minimum Gasteiger partial charge on any atom is -0.315 e. The number of amides is 4. The molecule has 1 aliphatic rings. The first-order chi connectivity index (χ1) is 14.6. The molecular formula is C22H16N4O3S. The van der Waals surface area contributed by atoms with Gasteiger partial charge in [0.25, 0.3) is 5.91 Å². The number of anilines is 1. The van der Waals surface area contributed by atoms with Gasteiger partial charge in [-0.25, -0.2) is 4.79 Å². The van der Waals surface area contributed by atoms with E-state index in [4.69, 9.17) is 5.26 Å². The van der Waals surface area contributed by atoms with Gasteiger partial charge in [0.2, 0.25) is 5.91 Å². The standard InChI is InChI=1S/C22H16N4O3S/c23-13-15-11-12-30-19(15)24-18(27)14-26-20(28)22(25-21(26)29,16-7-3-1-4-8-16)17-9-5-2-6-10-17/h1-12H,14H2,(H,24,27)(H,25,29). The minimum atomic E-state index is -1.42. The molecule has 2 N–H and O–H groups in total. The van der Waals surface area contributed by atoms with Gasteiger partial charge in [-0.1, -0.05) is 60.7 Å². The molecule has 0 spiro atoms. The normalized spacial score (nSPS) is 14.8. The lowest BCUT2D eigenvalue weighted by Crippen LogP contribution is -2.45. The quantitative estimate of drug-likeness (QED) is 0.624. The number of imide groups is 1. The zero-order valence-electron chi connectivity index (χ0n) is 15.7. The second kappa shape index (κ2) is 7.81. The van der Waals surface area contributed by atoms with Gasteiger partial charge in [0, 0.05) is 0 Å². The molecular weight excluding hydrogens is 400 g/mol. The number of hydrogen-bond acceptors (Lipinski definition) is 5. The van der Waals surface area contributed by atoms with Crippen molar-refractivity contribution < 1.29 is 14.4 Å². The first kappa shape index (κ1) is 19.4. The van der Waals surface area contributed by atoms with Crippen LogP contribution >= 0.6 is 11.3 Å². The number of urea groups is 1. The monoisotopic (exact) mass is 416 g/mol. The molecule has 1 fully saturated rings. The molecule has 0 atom stereocenters. The molecule has 7 nitrogen and oxygen atoms in total. The van der Waals surface area contributed by atoms with Crippen molar-refractivity contribution in [2.45, 2.75) is 5.54 Å². The Hall–Kier alpha value is -3.96. The molecule has 2 heterocycles. The Morgan fingerprint density at radius 2 is 1.63 bits per heavy atom. The number of hydrogen-bond donors (Lipinski definition) is 2. The highest BCUT2D eigenvalue weighted by Crippen LogP contribution is 2.36. The smallest absolute Gasteiger partial charge is 0.315 e. The average Bonchev–Trinajstić information content (AvgIpc) is 3.32. The van der Waals surface area contributed by atoms with Crippen molar-refractivity contribution in [2.75, 3.05) is 11.9 Å². The summed E-state index contributed by atoms with van der Waals surface area (Å²) in [6.07, 6.45) is 0. The number of nitrogens with one attached hydrogen (secondary N) is 2. The predicted molar refractivity (Wildman–Crippen MR) is 112 cm³/mol. The Balaban J connectivity index is 1.66. The lowest BCUT2D eigenvalue weighted by Gasteiger charge is -2.27. The minimum absolute atomic E-state index is 0.327. The summed E-state index contributed by atoms with van der Waals surface area (Å²) in [5.74, 6) is -1.10. The van der Waals surface area contributed by atoms with Crippen LogP contribution in [0.2, 0.25) is 0 Å². The third kappa shape index (κ3) is 3.21. The van der Waals surface area contributed by atoms with Gasteiger partial charge in [-0.15, -0.1) is 11.3 Å². The van der Waals surface area contributed by atoms with Crippen molar-refractivity contribution in [3.05, 3.63) is 88.8 Å². The van der Waals surface area contributed by atoms with E-state index >= 15 is 0 Å². The summed E-state index contributed by atoms with van der Waals surface area (Å²) in [4.78, 5) is 39.7. The average molecular weight is 416 g/mol. The van der Waals surface area contributed by atoms with Crippen LogP contribution in [0.3, 0.4) is 0 Å². The van der Waals surface area contributed by atoms with Crippen LogP contribution in [0.5, 0.6) is 0 Å². The lowest BCUT2D eigenvalue weighted by molar-refractivity contribution is -0.133. The van der Waals surface area contributed by atoms with Crippen LogP contribution in [0.25, 0.3) is 0 Å². The third-order valence-corrected chi connectivity index (χ3v) is 5.69. The van der Waals surface area contributed by atoms with Gasteiger partial charge in [-0.3, -0.25) is 14.5 Å². The number of nitrogens with zero attached hydrogens (tertiary/aromatic N) is 2. The Morgan fingerprint density at radius 1 is 1.03 bits per heavy atom. The fraction of sp³-hybridized carbons (Fsp3) is 0.0909. The summed E-state index contributed by atoms with van der Waals surface area (Å²) < 4.78 is 0. The number of carbonyl (C=O) groups is 3. The van der Waals surface area contributed by atoms with Gasteiger partial charge in [0.1, 0.15) is 17.6 Å². The summed E-state index contributed by atoms with van der Waals surface area (Å²) in [6.45, 7) is -0.463. The summed E-state index contributed by atoms with van der Waals surface area (Å²) in [5, 5.41) is 16.5. The molecule has 4 amide bonds. The van der Waals surface area contributed by atoms with Crippen molar-refractivity contribution in [2.24, 2.45) is 0 Å². The molecule has 3 aromatic rings. The molecule has 1 aliphatic heterocycles. The lowest BCUT2D eigenvalue weighted by atomic mass is 9.82.